The summed E-state index contributed by atoms with van der Waals surface area (Å²) in [5.41, 5.74) is 4.03. The van der Waals surface area contributed by atoms with Gasteiger partial charge in [0.1, 0.15) is 26.9 Å². The number of nitrogens with two attached hydrogens (primary N) is 1. The Morgan fingerprint density at radius 3 is 2.70 bits per heavy atom. The van der Waals surface area contributed by atoms with Crippen molar-refractivity contribution in [1.29, 1.82) is 0 Å². The lowest BCUT2D eigenvalue weighted by atomic mass is 10.1. The first-order chi connectivity index (χ1) is 15.6. The van der Waals surface area contributed by atoms with Gasteiger partial charge in [0.25, 0.3) is 18.2 Å². The number of nitro groups is 1. The van der Waals surface area contributed by atoms with Crippen LogP contribution in [0.4, 0.5) is 20.2 Å². The normalized spacial score (nSPS) is 11.3. The molecule has 0 aromatic carbocycles. The second-order valence-corrected chi connectivity index (χ2v) is 7.84. The van der Waals surface area contributed by atoms with Crippen molar-refractivity contribution in [1.82, 2.24) is 14.8 Å². The number of pyridine rings is 1. The number of rotatable bonds is 6. The predicted octanol–water partition coefficient (Wildman–Crippen LogP) is 3.80. The van der Waals surface area contributed by atoms with Crippen molar-refractivity contribution in [2.24, 2.45) is 12.8 Å². The van der Waals surface area contributed by atoms with Crippen LogP contribution in [-0.4, -0.2) is 31.5 Å². The van der Waals surface area contributed by atoms with E-state index < -0.39 is 34.5 Å². The molecule has 4 rings (SSSR count). The van der Waals surface area contributed by atoms with E-state index >= 15 is 0 Å². The highest BCUT2D eigenvalue weighted by Crippen LogP contribution is 2.43. The van der Waals surface area contributed by atoms with Crippen molar-refractivity contribution in [2.45, 2.75) is 13.3 Å². The van der Waals surface area contributed by atoms with Crippen LogP contribution in [0.5, 0.6) is 0 Å². The standard InChI is InChI=1S/C19H14F2N6O5S/c1-7-13(27(30)31)14(26(2)25-7)18(29)24-12-11-8(10-4-3-5-32-10)6-9(16(20)21)23-19(11)33-15(12)17(22)28/h3-6,16H,1-2H3,(H2,22,28)(H,24,29). The molecule has 0 fully saturated rings. The highest BCUT2D eigenvalue weighted by atomic mass is 32.1. The molecule has 0 saturated heterocycles. The molecule has 0 unspecified atom stereocenters. The van der Waals surface area contributed by atoms with Crippen molar-refractivity contribution >= 4 is 44.7 Å². The summed E-state index contributed by atoms with van der Waals surface area (Å²) in [6.07, 6.45) is -1.59. The summed E-state index contributed by atoms with van der Waals surface area (Å²) in [7, 11) is 1.35. The van der Waals surface area contributed by atoms with Gasteiger partial charge in [-0.15, -0.1) is 11.3 Å². The first kappa shape index (κ1) is 22.0. The number of carbonyl (C=O) groups excluding carboxylic acids is 2. The minimum Gasteiger partial charge on any atom is -0.464 e. The second-order valence-electron chi connectivity index (χ2n) is 6.84. The number of fused-ring (bicyclic) bond motifs is 1. The molecule has 2 amide bonds. The van der Waals surface area contributed by atoms with E-state index in [0.29, 0.717) is 11.3 Å². The number of halogens is 2. The Kier molecular flexibility index (Phi) is 5.37. The maximum atomic E-state index is 13.5. The molecule has 0 aliphatic rings. The number of alkyl halides is 2. The molecule has 4 heterocycles. The Balaban J connectivity index is 1.96. The van der Waals surface area contributed by atoms with Crippen molar-refractivity contribution in [3.8, 4) is 11.3 Å². The summed E-state index contributed by atoms with van der Waals surface area (Å²) in [6.45, 7) is 1.37. The number of nitrogens with one attached hydrogen (secondary N) is 1. The van der Waals surface area contributed by atoms with Crippen LogP contribution in [0.25, 0.3) is 21.5 Å². The number of aromatic nitrogens is 3. The van der Waals surface area contributed by atoms with Crippen LogP contribution in [0, 0.1) is 17.0 Å². The van der Waals surface area contributed by atoms with E-state index in [1.54, 1.807) is 0 Å². The molecule has 3 N–H and O–H groups in total. The predicted molar refractivity (Wildman–Crippen MR) is 113 cm³/mol. The smallest absolute Gasteiger partial charge is 0.322 e. The Morgan fingerprint density at radius 2 is 2.12 bits per heavy atom. The summed E-state index contributed by atoms with van der Waals surface area (Å²) in [6, 6.07) is 4.12. The van der Waals surface area contributed by atoms with Crippen LogP contribution >= 0.6 is 11.3 Å². The van der Waals surface area contributed by atoms with Crippen LogP contribution in [0.3, 0.4) is 0 Å². The van der Waals surface area contributed by atoms with Crippen molar-refractivity contribution in [2.75, 3.05) is 5.32 Å². The molecule has 33 heavy (non-hydrogen) atoms. The molecule has 0 spiro atoms. The van der Waals surface area contributed by atoms with Gasteiger partial charge in [0.2, 0.25) is 5.69 Å². The molecule has 0 aliphatic carbocycles. The molecule has 4 aromatic rings. The van der Waals surface area contributed by atoms with E-state index in [4.69, 9.17) is 10.2 Å². The summed E-state index contributed by atoms with van der Waals surface area (Å²) >= 11 is 0.700. The van der Waals surface area contributed by atoms with Gasteiger partial charge in [-0.2, -0.15) is 5.10 Å². The monoisotopic (exact) mass is 476 g/mol. The summed E-state index contributed by atoms with van der Waals surface area (Å²) in [4.78, 5) is 39.6. The topological polar surface area (TPSA) is 159 Å². The average molecular weight is 476 g/mol. The average Bonchev–Trinajstić information content (AvgIpc) is 3.44. The molecule has 0 radical (unpaired) electrons. The van der Waals surface area contributed by atoms with Crippen LogP contribution < -0.4 is 11.1 Å². The molecular formula is C19H14F2N6O5S. The Bertz CT molecular complexity index is 1430. The van der Waals surface area contributed by atoms with Crippen LogP contribution in [-0.2, 0) is 7.05 Å². The Hall–Kier alpha value is -4.20. The fourth-order valence-corrected chi connectivity index (χ4v) is 4.46. The first-order valence-corrected chi connectivity index (χ1v) is 10.00. The van der Waals surface area contributed by atoms with Crippen molar-refractivity contribution in [3.63, 3.8) is 0 Å². The van der Waals surface area contributed by atoms with E-state index in [-0.39, 0.29) is 43.5 Å². The van der Waals surface area contributed by atoms with Gasteiger partial charge < -0.3 is 15.5 Å². The number of aryl methyl sites for hydroxylation is 2. The third-order valence-electron chi connectivity index (χ3n) is 4.74. The quantitative estimate of drug-likeness (QED) is 0.316. The third kappa shape index (κ3) is 3.69. The lowest BCUT2D eigenvalue weighted by Crippen LogP contribution is -2.20. The fourth-order valence-electron chi connectivity index (χ4n) is 3.44. The zero-order valence-electron chi connectivity index (χ0n) is 17.0. The van der Waals surface area contributed by atoms with Crippen molar-refractivity contribution in [3.05, 3.63) is 56.5 Å². The SMILES string of the molecule is Cc1nn(C)c(C(=O)Nc2c(C(N)=O)sc3nc(C(F)F)cc(-c4ccco4)c23)c1[N+](=O)[O-]. The number of primary amides is 1. The Labute approximate surface area is 187 Å². The largest absolute Gasteiger partial charge is 0.464 e. The number of furan rings is 1. The number of hydrogen-bond donors (Lipinski definition) is 2. The number of anilines is 1. The minimum absolute atomic E-state index is 0.000939. The molecule has 4 aromatic heterocycles. The molecule has 0 saturated carbocycles. The van der Waals surface area contributed by atoms with Gasteiger partial charge in [-0.1, -0.05) is 0 Å². The molecule has 0 bridgehead atoms. The number of carbonyl (C=O) groups is 2. The van der Waals surface area contributed by atoms with E-state index in [0.717, 1.165) is 10.7 Å². The van der Waals surface area contributed by atoms with Gasteiger partial charge in [0, 0.05) is 18.0 Å². The minimum atomic E-state index is -2.92. The van der Waals surface area contributed by atoms with Gasteiger partial charge >= 0.3 is 5.69 Å². The Morgan fingerprint density at radius 1 is 1.39 bits per heavy atom. The van der Waals surface area contributed by atoms with Crippen LogP contribution in [0.2, 0.25) is 0 Å². The van der Waals surface area contributed by atoms with Gasteiger partial charge in [-0.3, -0.25) is 24.4 Å². The highest BCUT2D eigenvalue weighted by molar-refractivity contribution is 7.21. The van der Waals surface area contributed by atoms with Gasteiger partial charge in [-0.05, 0) is 25.1 Å². The van der Waals surface area contributed by atoms with Crippen LogP contribution in [0.1, 0.15) is 38.0 Å². The molecule has 11 nitrogen and oxygen atoms in total. The van der Waals surface area contributed by atoms with Gasteiger partial charge in [0.05, 0.1) is 16.9 Å². The summed E-state index contributed by atoms with van der Waals surface area (Å²) in [5, 5.41) is 18.0. The van der Waals surface area contributed by atoms with Gasteiger partial charge in [0.15, 0.2) is 0 Å². The molecular weight excluding hydrogens is 462 g/mol. The molecule has 0 aliphatic heterocycles. The van der Waals surface area contributed by atoms with E-state index in [9.17, 15) is 28.5 Å². The third-order valence-corrected chi connectivity index (χ3v) is 5.84. The number of thiophene rings is 1. The van der Waals surface area contributed by atoms with E-state index in [1.165, 1.54) is 32.4 Å². The first-order valence-electron chi connectivity index (χ1n) is 9.18. The number of hydrogen-bond acceptors (Lipinski definition) is 8. The van der Waals surface area contributed by atoms with Gasteiger partial charge in [-0.25, -0.2) is 13.8 Å². The number of nitrogens with zero attached hydrogens (tertiary/aromatic N) is 4. The van der Waals surface area contributed by atoms with Crippen LogP contribution in [0.15, 0.2) is 28.9 Å². The molecule has 14 heteroatoms. The lowest BCUT2D eigenvalue weighted by Gasteiger charge is -2.09. The maximum absolute atomic E-state index is 13.5. The number of amides is 2. The fraction of sp³-hybridized carbons (Fsp3) is 0.158. The van der Waals surface area contributed by atoms with Crippen molar-refractivity contribution < 1.29 is 27.7 Å². The summed E-state index contributed by atoms with van der Waals surface area (Å²) in [5.74, 6) is -1.72. The van der Waals surface area contributed by atoms with E-state index in [2.05, 4.69) is 15.4 Å². The highest BCUT2D eigenvalue weighted by Gasteiger charge is 2.32. The lowest BCUT2D eigenvalue weighted by molar-refractivity contribution is -0.385. The zero-order valence-corrected chi connectivity index (χ0v) is 17.8. The molecule has 0 atom stereocenters. The van der Waals surface area contributed by atoms with E-state index in [1.807, 2.05) is 0 Å². The maximum Gasteiger partial charge on any atom is 0.322 e. The second kappa shape index (κ2) is 8.05. The molecule has 170 valence electrons. The summed E-state index contributed by atoms with van der Waals surface area (Å²) < 4.78 is 33.3. The zero-order chi connectivity index (χ0) is 24.0.